The predicted molar refractivity (Wildman–Crippen MR) is 58.4 cm³/mol. The van der Waals surface area contributed by atoms with E-state index in [-0.39, 0.29) is 5.75 Å². The number of rotatable bonds is 3. The normalized spacial score (nSPS) is 9.60. The molecule has 1 rings (SSSR count). The Bertz CT molecular complexity index is 368. The Morgan fingerprint density at radius 2 is 2.07 bits per heavy atom. The summed E-state index contributed by atoms with van der Waals surface area (Å²) in [6, 6.07) is 6.49. The van der Waals surface area contributed by atoms with Crippen LogP contribution >= 0.6 is 15.9 Å². The fourth-order valence-corrected chi connectivity index (χ4v) is 1.17. The van der Waals surface area contributed by atoms with E-state index in [1.165, 1.54) is 6.07 Å². The van der Waals surface area contributed by atoms with E-state index in [4.69, 9.17) is 0 Å². The molecule has 0 saturated heterocycles. The molecule has 0 bridgehead atoms. The minimum absolute atomic E-state index is 0.120. The smallest absolute Gasteiger partial charge is 0.387 e. The van der Waals surface area contributed by atoms with E-state index in [2.05, 4.69) is 32.5 Å². The number of para-hydroxylation sites is 1. The van der Waals surface area contributed by atoms with Crippen LogP contribution in [0.25, 0.3) is 0 Å². The Balaban J connectivity index is 2.83. The van der Waals surface area contributed by atoms with Gasteiger partial charge in [-0.05, 0) is 12.1 Å². The maximum Gasteiger partial charge on any atom is 0.387 e. The van der Waals surface area contributed by atoms with Crippen LogP contribution in [0.5, 0.6) is 5.75 Å². The highest BCUT2D eigenvalue weighted by Crippen LogP contribution is 2.18. The molecule has 1 nitrogen and oxygen atoms in total. The Morgan fingerprint density at radius 3 is 2.73 bits per heavy atom. The third-order valence-electron chi connectivity index (χ3n) is 1.55. The molecule has 0 aromatic heterocycles. The molecule has 4 heteroatoms. The van der Waals surface area contributed by atoms with Crippen molar-refractivity contribution in [1.82, 2.24) is 0 Å². The Kier molecular flexibility index (Phi) is 5.13. The molecule has 0 N–H and O–H groups in total. The molecule has 0 unspecified atom stereocenters. The van der Waals surface area contributed by atoms with Gasteiger partial charge in [-0.1, -0.05) is 39.9 Å². The van der Waals surface area contributed by atoms with Crippen LogP contribution in [0.3, 0.4) is 0 Å². The molecule has 0 aliphatic heterocycles. The molecule has 0 radical (unpaired) electrons. The van der Waals surface area contributed by atoms with Crippen LogP contribution < -0.4 is 4.74 Å². The molecule has 15 heavy (non-hydrogen) atoms. The number of hydrogen-bond acceptors (Lipinski definition) is 1. The summed E-state index contributed by atoms with van der Waals surface area (Å²) < 4.78 is 28.4. The van der Waals surface area contributed by atoms with Crippen LogP contribution in [0, 0.1) is 11.8 Å². The van der Waals surface area contributed by atoms with E-state index in [1.807, 2.05) is 0 Å². The van der Waals surface area contributed by atoms with Gasteiger partial charge in [0.2, 0.25) is 0 Å². The maximum absolute atomic E-state index is 12.0. The van der Waals surface area contributed by atoms with Gasteiger partial charge < -0.3 is 4.74 Å². The first-order valence-electron chi connectivity index (χ1n) is 4.32. The Morgan fingerprint density at radius 1 is 1.33 bits per heavy atom. The summed E-state index contributed by atoms with van der Waals surface area (Å²) in [5, 5.41) is 0.762. The fourth-order valence-electron chi connectivity index (χ4n) is 0.974. The number of alkyl halides is 3. The highest BCUT2D eigenvalue weighted by molar-refractivity contribution is 9.09. The summed E-state index contributed by atoms with van der Waals surface area (Å²) in [6.07, 6.45) is 0.670. The number of benzene rings is 1. The summed E-state index contributed by atoms with van der Waals surface area (Å²) in [5.41, 5.74) is 0.485. The Labute approximate surface area is 95.6 Å². The number of hydrogen-bond donors (Lipinski definition) is 0. The van der Waals surface area contributed by atoms with Crippen molar-refractivity contribution in [2.45, 2.75) is 13.0 Å². The Hall–Kier alpha value is -1.08. The van der Waals surface area contributed by atoms with Crippen molar-refractivity contribution in [1.29, 1.82) is 0 Å². The summed E-state index contributed by atoms with van der Waals surface area (Å²) >= 11 is 3.23. The second-order valence-corrected chi connectivity index (χ2v) is 3.41. The van der Waals surface area contributed by atoms with Gasteiger partial charge in [-0.15, -0.1) is 0 Å². The average molecular weight is 275 g/mol. The fraction of sp³-hybridized carbons (Fsp3) is 0.273. The topological polar surface area (TPSA) is 9.23 Å². The van der Waals surface area contributed by atoms with Crippen LogP contribution in [0.2, 0.25) is 0 Å². The van der Waals surface area contributed by atoms with E-state index < -0.39 is 6.61 Å². The SMILES string of the molecule is FC(F)Oc1ccccc1C#CCCBr. The molecule has 0 spiro atoms. The molecular weight excluding hydrogens is 266 g/mol. The van der Waals surface area contributed by atoms with Gasteiger partial charge >= 0.3 is 6.61 Å². The molecule has 1 aromatic carbocycles. The molecule has 80 valence electrons. The molecule has 0 fully saturated rings. The van der Waals surface area contributed by atoms with E-state index >= 15 is 0 Å². The van der Waals surface area contributed by atoms with Gasteiger partial charge in [0.15, 0.2) is 0 Å². The molecule has 0 heterocycles. The van der Waals surface area contributed by atoms with Crippen LogP contribution in [0.1, 0.15) is 12.0 Å². The first kappa shape index (κ1) is 12.0. The second-order valence-electron chi connectivity index (χ2n) is 2.62. The minimum atomic E-state index is -2.82. The van der Waals surface area contributed by atoms with Crippen molar-refractivity contribution >= 4 is 15.9 Å². The molecule has 0 saturated carbocycles. The van der Waals surface area contributed by atoms with E-state index in [0.29, 0.717) is 12.0 Å². The van der Waals surface area contributed by atoms with Gasteiger partial charge in [0.1, 0.15) is 5.75 Å². The van der Waals surface area contributed by atoms with E-state index in [0.717, 1.165) is 5.33 Å². The van der Waals surface area contributed by atoms with Crippen LogP contribution in [0.4, 0.5) is 8.78 Å². The van der Waals surface area contributed by atoms with Crippen LogP contribution in [-0.4, -0.2) is 11.9 Å². The molecule has 0 atom stereocenters. The first-order valence-corrected chi connectivity index (χ1v) is 5.45. The molecule has 1 aromatic rings. The quantitative estimate of drug-likeness (QED) is 0.606. The summed E-state index contributed by atoms with van der Waals surface area (Å²) in [5.74, 6) is 5.74. The highest BCUT2D eigenvalue weighted by Gasteiger charge is 2.06. The van der Waals surface area contributed by atoms with Crippen LogP contribution in [0.15, 0.2) is 24.3 Å². The summed E-state index contributed by atoms with van der Waals surface area (Å²) in [6.45, 7) is -2.82. The number of halogens is 3. The minimum Gasteiger partial charge on any atom is -0.434 e. The zero-order chi connectivity index (χ0) is 11.1. The molecule has 0 amide bonds. The van der Waals surface area contributed by atoms with Gasteiger partial charge in [0.25, 0.3) is 0 Å². The van der Waals surface area contributed by atoms with Crippen LogP contribution in [-0.2, 0) is 0 Å². The van der Waals surface area contributed by atoms with Crippen molar-refractivity contribution in [2.24, 2.45) is 0 Å². The predicted octanol–water partition coefficient (Wildman–Crippen LogP) is 3.42. The summed E-state index contributed by atoms with van der Waals surface area (Å²) in [7, 11) is 0. The summed E-state index contributed by atoms with van der Waals surface area (Å²) in [4.78, 5) is 0. The van der Waals surface area contributed by atoms with Gasteiger partial charge in [-0.2, -0.15) is 8.78 Å². The van der Waals surface area contributed by atoms with Gasteiger partial charge in [-0.25, -0.2) is 0 Å². The van der Waals surface area contributed by atoms with Crippen molar-refractivity contribution in [3.63, 3.8) is 0 Å². The lowest BCUT2D eigenvalue weighted by molar-refractivity contribution is -0.0500. The van der Waals surface area contributed by atoms with Crippen molar-refractivity contribution in [3.8, 4) is 17.6 Å². The van der Waals surface area contributed by atoms with Crippen molar-refractivity contribution in [3.05, 3.63) is 29.8 Å². The standard InChI is InChI=1S/C11H9BrF2O/c12-8-4-3-6-9-5-1-2-7-10(9)15-11(13)14/h1-2,5,7,11H,4,8H2. The molecular formula is C11H9BrF2O. The van der Waals surface area contributed by atoms with Gasteiger partial charge in [0, 0.05) is 11.8 Å². The zero-order valence-corrected chi connectivity index (χ0v) is 9.43. The average Bonchev–Trinajstić information content (AvgIpc) is 2.20. The van der Waals surface area contributed by atoms with Gasteiger partial charge in [0.05, 0.1) is 5.56 Å². The van der Waals surface area contributed by atoms with E-state index in [9.17, 15) is 8.78 Å². The maximum atomic E-state index is 12.0. The lowest BCUT2D eigenvalue weighted by atomic mass is 10.2. The van der Waals surface area contributed by atoms with Crippen molar-refractivity contribution in [2.75, 3.05) is 5.33 Å². The lowest BCUT2D eigenvalue weighted by Crippen LogP contribution is -2.03. The van der Waals surface area contributed by atoms with Crippen molar-refractivity contribution < 1.29 is 13.5 Å². The molecule has 0 aliphatic carbocycles. The third kappa shape index (κ3) is 4.30. The van der Waals surface area contributed by atoms with E-state index in [1.54, 1.807) is 18.2 Å². The third-order valence-corrected chi connectivity index (χ3v) is 1.94. The zero-order valence-electron chi connectivity index (χ0n) is 7.84. The highest BCUT2D eigenvalue weighted by atomic mass is 79.9. The first-order chi connectivity index (χ1) is 7.24. The molecule has 0 aliphatic rings. The van der Waals surface area contributed by atoms with Gasteiger partial charge in [-0.3, -0.25) is 0 Å². The largest absolute Gasteiger partial charge is 0.434 e. The number of ether oxygens (including phenoxy) is 1. The lowest BCUT2D eigenvalue weighted by Gasteiger charge is -2.05. The second kappa shape index (κ2) is 6.41. The monoisotopic (exact) mass is 274 g/mol.